The van der Waals surface area contributed by atoms with Gasteiger partial charge in [-0.1, -0.05) is 27.7 Å². The van der Waals surface area contributed by atoms with E-state index in [-0.39, 0.29) is 5.41 Å². The Morgan fingerprint density at radius 1 is 1.35 bits per heavy atom. The first-order valence-corrected chi connectivity index (χ1v) is 6.69. The highest BCUT2D eigenvalue weighted by Crippen LogP contribution is 2.29. The van der Waals surface area contributed by atoms with Crippen molar-refractivity contribution >= 4 is 0 Å². The van der Waals surface area contributed by atoms with Crippen molar-refractivity contribution in [3.05, 3.63) is 17.5 Å². The van der Waals surface area contributed by atoms with Crippen LogP contribution < -0.4 is 0 Å². The normalized spacial score (nSPS) is 18.6. The number of rotatable bonds is 2. The zero-order chi connectivity index (χ0) is 12.5. The van der Waals surface area contributed by atoms with Gasteiger partial charge in [-0.05, 0) is 25.3 Å². The van der Waals surface area contributed by atoms with Gasteiger partial charge in [-0.15, -0.1) is 0 Å². The fourth-order valence-corrected chi connectivity index (χ4v) is 2.39. The fourth-order valence-electron chi connectivity index (χ4n) is 2.39. The largest absolute Gasteiger partial charge is 0.381 e. The molecule has 1 aromatic rings. The summed E-state index contributed by atoms with van der Waals surface area (Å²) in [6.07, 6.45) is 3.20. The van der Waals surface area contributed by atoms with Crippen LogP contribution in [0.2, 0.25) is 0 Å². The van der Waals surface area contributed by atoms with Gasteiger partial charge in [-0.2, -0.15) is 5.10 Å². The Kier molecular flexibility index (Phi) is 3.57. The minimum Gasteiger partial charge on any atom is -0.381 e. The maximum Gasteiger partial charge on any atom is 0.0625 e. The molecule has 0 bridgehead atoms. The molecular formula is C14H24N2O. The van der Waals surface area contributed by atoms with Crippen molar-refractivity contribution in [3.63, 3.8) is 0 Å². The molecule has 96 valence electrons. The van der Waals surface area contributed by atoms with Crippen LogP contribution >= 0.6 is 0 Å². The van der Waals surface area contributed by atoms with E-state index in [9.17, 15) is 0 Å². The van der Waals surface area contributed by atoms with E-state index < -0.39 is 0 Å². The second-order valence-electron chi connectivity index (χ2n) is 5.91. The summed E-state index contributed by atoms with van der Waals surface area (Å²) in [7, 11) is 0. The van der Waals surface area contributed by atoms with Gasteiger partial charge in [0.2, 0.25) is 0 Å². The number of ether oxygens (including phenoxy) is 1. The lowest BCUT2D eigenvalue weighted by Gasteiger charge is -2.28. The molecule has 0 unspecified atom stereocenters. The van der Waals surface area contributed by atoms with Gasteiger partial charge in [-0.25, -0.2) is 0 Å². The van der Waals surface area contributed by atoms with Crippen molar-refractivity contribution < 1.29 is 4.74 Å². The van der Waals surface area contributed by atoms with E-state index in [1.807, 2.05) is 0 Å². The van der Waals surface area contributed by atoms with Gasteiger partial charge < -0.3 is 4.74 Å². The van der Waals surface area contributed by atoms with E-state index in [0.717, 1.165) is 32.5 Å². The Morgan fingerprint density at radius 3 is 2.53 bits per heavy atom. The summed E-state index contributed by atoms with van der Waals surface area (Å²) in [5.41, 5.74) is 2.74. The highest BCUT2D eigenvalue weighted by molar-refractivity contribution is 5.19. The van der Waals surface area contributed by atoms with Crippen LogP contribution in [-0.2, 0) is 16.6 Å². The Bertz CT molecular complexity index is 370. The van der Waals surface area contributed by atoms with Crippen molar-refractivity contribution in [1.82, 2.24) is 9.78 Å². The lowest BCUT2D eigenvalue weighted by atomic mass is 9.91. The van der Waals surface area contributed by atoms with Crippen molar-refractivity contribution in [2.75, 3.05) is 13.2 Å². The monoisotopic (exact) mass is 236 g/mol. The topological polar surface area (TPSA) is 27.1 Å². The maximum absolute atomic E-state index is 5.44. The predicted octanol–water partition coefficient (Wildman–Crippen LogP) is 3.09. The highest BCUT2D eigenvalue weighted by Gasteiger charge is 2.26. The first-order chi connectivity index (χ1) is 8.02. The van der Waals surface area contributed by atoms with Gasteiger partial charge in [0.05, 0.1) is 11.7 Å². The third-order valence-corrected chi connectivity index (χ3v) is 3.45. The van der Waals surface area contributed by atoms with Crippen LogP contribution in [0.3, 0.4) is 0 Å². The average Bonchev–Trinajstić information content (AvgIpc) is 2.74. The Hall–Kier alpha value is -0.830. The molecule has 1 aliphatic heterocycles. The molecule has 3 nitrogen and oxygen atoms in total. The van der Waals surface area contributed by atoms with E-state index in [1.165, 1.54) is 11.4 Å². The number of nitrogens with zero attached hydrogens (tertiary/aromatic N) is 2. The molecule has 0 saturated carbocycles. The van der Waals surface area contributed by atoms with Crippen molar-refractivity contribution in [1.29, 1.82) is 0 Å². The summed E-state index contributed by atoms with van der Waals surface area (Å²) < 4.78 is 7.70. The van der Waals surface area contributed by atoms with Gasteiger partial charge in [0.15, 0.2) is 0 Å². The molecule has 0 N–H and O–H groups in total. The maximum atomic E-state index is 5.44. The van der Waals surface area contributed by atoms with Crippen LogP contribution in [0.5, 0.6) is 0 Å². The molecule has 1 aromatic heterocycles. The molecule has 0 atom stereocenters. The van der Waals surface area contributed by atoms with E-state index >= 15 is 0 Å². The van der Waals surface area contributed by atoms with E-state index in [0.29, 0.717) is 6.04 Å². The lowest BCUT2D eigenvalue weighted by molar-refractivity contribution is 0.0645. The quantitative estimate of drug-likeness (QED) is 0.789. The van der Waals surface area contributed by atoms with Crippen LogP contribution in [-0.4, -0.2) is 23.0 Å². The summed E-state index contributed by atoms with van der Waals surface area (Å²) in [5, 5.41) is 4.78. The summed E-state index contributed by atoms with van der Waals surface area (Å²) in [6.45, 7) is 10.7. The second-order valence-corrected chi connectivity index (χ2v) is 5.91. The Labute approximate surface area is 104 Å². The predicted molar refractivity (Wildman–Crippen MR) is 69.4 cm³/mol. The molecule has 0 aromatic carbocycles. The van der Waals surface area contributed by atoms with Crippen LogP contribution in [0.1, 0.15) is 58.0 Å². The van der Waals surface area contributed by atoms with Gasteiger partial charge in [0.25, 0.3) is 0 Å². The van der Waals surface area contributed by atoms with Crippen LogP contribution in [0, 0.1) is 0 Å². The molecule has 0 radical (unpaired) electrons. The average molecular weight is 236 g/mol. The van der Waals surface area contributed by atoms with Crippen molar-refractivity contribution in [2.45, 2.75) is 58.4 Å². The molecule has 2 heterocycles. The molecular weight excluding hydrogens is 212 g/mol. The Balaban J connectivity index is 2.33. The second kappa shape index (κ2) is 4.81. The van der Waals surface area contributed by atoms with E-state index in [1.54, 1.807) is 0 Å². The third kappa shape index (κ3) is 2.71. The summed E-state index contributed by atoms with van der Waals surface area (Å²) in [5.74, 6) is 0. The molecule has 17 heavy (non-hydrogen) atoms. The van der Waals surface area contributed by atoms with E-state index in [2.05, 4.69) is 38.4 Å². The van der Waals surface area contributed by atoms with Gasteiger partial charge in [-0.3, -0.25) is 4.68 Å². The summed E-state index contributed by atoms with van der Waals surface area (Å²) in [4.78, 5) is 0. The Morgan fingerprint density at radius 2 is 2.00 bits per heavy atom. The van der Waals surface area contributed by atoms with Gasteiger partial charge >= 0.3 is 0 Å². The first kappa shape index (κ1) is 12.6. The first-order valence-electron chi connectivity index (χ1n) is 6.69. The molecule has 1 fully saturated rings. The van der Waals surface area contributed by atoms with Gasteiger partial charge in [0.1, 0.15) is 0 Å². The zero-order valence-electron chi connectivity index (χ0n) is 11.5. The van der Waals surface area contributed by atoms with Crippen LogP contribution in [0.4, 0.5) is 0 Å². The van der Waals surface area contributed by atoms with Crippen LogP contribution in [0.15, 0.2) is 6.07 Å². The highest BCUT2D eigenvalue weighted by atomic mass is 16.5. The zero-order valence-corrected chi connectivity index (χ0v) is 11.5. The fraction of sp³-hybridized carbons (Fsp3) is 0.786. The summed E-state index contributed by atoms with van der Waals surface area (Å²) >= 11 is 0. The number of hydrogen-bond donors (Lipinski definition) is 0. The third-order valence-electron chi connectivity index (χ3n) is 3.45. The minimum atomic E-state index is 0.165. The smallest absolute Gasteiger partial charge is 0.0625 e. The van der Waals surface area contributed by atoms with E-state index in [4.69, 9.17) is 9.84 Å². The SMILES string of the molecule is CCc1cc(C(C)(C)C)n(C2CCOCC2)n1. The minimum absolute atomic E-state index is 0.165. The molecule has 1 saturated heterocycles. The van der Waals surface area contributed by atoms with Gasteiger partial charge in [0, 0.05) is 24.3 Å². The summed E-state index contributed by atoms with van der Waals surface area (Å²) in [6, 6.07) is 2.80. The van der Waals surface area contributed by atoms with Crippen molar-refractivity contribution in [3.8, 4) is 0 Å². The lowest BCUT2D eigenvalue weighted by Crippen LogP contribution is -2.26. The molecule has 2 rings (SSSR count). The van der Waals surface area contributed by atoms with Crippen LogP contribution in [0.25, 0.3) is 0 Å². The number of aromatic nitrogens is 2. The molecule has 0 aliphatic carbocycles. The van der Waals surface area contributed by atoms with Crippen molar-refractivity contribution in [2.24, 2.45) is 0 Å². The molecule has 3 heteroatoms. The molecule has 1 aliphatic rings. The number of aryl methyl sites for hydroxylation is 1. The molecule has 0 amide bonds. The molecule has 0 spiro atoms. The standard InChI is InChI=1S/C14H24N2O/c1-5-11-10-13(14(2,3)4)16(15-11)12-6-8-17-9-7-12/h10,12H,5-9H2,1-4H3. The number of hydrogen-bond acceptors (Lipinski definition) is 2.